The first-order chi connectivity index (χ1) is 14.9. The number of hydrogen-bond donors (Lipinski definition) is 1. The van der Waals surface area contributed by atoms with Gasteiger partial charge in [0.05, 0.1) is 18.1 Å². The summed E-state index contributed by atoms with van der Waals surface area (Å²) in [5, 5.41) is 3.35. The first kappa shape index (κ1) is 21.4. The number of hydrogen-bond acceptors (Lipinski definition) is 4. The van der Waals surface area contributed by atoms with E-state index in [2.05, 4.69) is 12.2 Å². The predicted octanol–water partition coefficient (Wildman–Crippen LogP) is 3.43. The fourth-order valence-electron chi connectivity index (χ4n) is 7.25. The number of ether oxygens (including phenoxy) is 1. The molecule has 1 heterocycles. The van der Waals surface area contributed by atoms with Crippen LogP contribution in [0, 0.1) is 23.2 Å². The van der Waals surface area contributed by atoms with Crippen LogP contribution in [0.4, 0.5) is 0 Å². The molecule has 1 aromatic rings. The van der Waals surface area contributed by atoms with Crippen molar-refractivity contribution in [1.82, 2.24) is 9.62 Å². The molecule has 7 heteroatoms. The first-order valence-electron chi connectivity index (χ1n) is 11.9. The molecule has 0 radical (unpaired) electrons. The largest absolute Gasteiger partial charge is 0.379 e. The van der Waals surface area contributed by atoms with Crippen LogP contribution in [0.25, 0.3) is 0 Å². The lowest BCUT2D eigenvalue weighted by Crippen LogP contribution is -2.56. The standard InChI is InChI=1S/C24H34N2O4S/c1-2-22(24-14-17-11-18(15-24)13-19(12-17)16-24)25-23(27)20-3-5-21(6-4-20)31(28,29)26-7-9-30-10-8-26/h3-6,17-19,22H,2,7-16H2,1H3,(H,25,27). The van der Waals surface area contributed by atoms with Crippen LogP contribution in [-0.4, -0.2) is 51.0 Å². The molecule has 1 aromatic carbocycles. The highest BCUT2D eigenvalue weighted by Gasteiger charge is 2.54. The van der Waals surface area contributed by atoms with Crippen LogP contribution in [0.1, 0.15) is 62.2 Å². The quantitative estimate of drug-likeness (QED) is 0.726. The summed E-state index contributed by atoms with van der Waals surface area (Å²) in [6.07, 6.45) is 8.90. The summed E-state index contributed by atoms with van der Waals surface area (Å²) in [6.45, 7) is 3.76. The molecule has 1 amide bonds. The number of amides is 1. The third-order valence-electron chi connectivity index (χ3n) is 8.26. The van der Waals surface area contributed by atoms with Crippen LogP contribution in [0.2, 0.25) is 0 Å². The van der Waals surface area contributed by atoms with Crippen molar-refractivity contribution in [3.63, 3.8) is 0 Å². The van der Waals surface area contributed by atoms with E-state index in [1.165, 1.54) is 42.8 Å². The molecule has 6 nitrogen and oxygen atoms in total. The van der Waals surface area contributed by atoms with Crippen molar-refractivity contribution >= 4 is 15.9 Å². The molecule has 0 spiro atoms. The minimum Gasteiger partial charge on any atom is -0.379 e. The van der Waals surface area contributed by atoms with E-state index in [4.69, 9.17) is 4.74 Å². The number of morpholine rings is 1. The van der Waals surface area contributed by atoms with Crippen molar-refractivity contribution in [3.05, 3.63) is 29.8 Å². The molecule has 1 aliphatic heterocycles. The van der Waals surface area contributed by atoms with Gasteiger partial charge in [0.15, 0.2) is 0 Å². The average molecular weight is 447 g/mol. The topological polar surface area (TPSA) is 75.7 Å². The SMILES string of the molecule is CCC(NC(=O)c1ccc(S(=O)(=O)N2CCOCC2)cc1)C12CC3CC(CC(C3)C1)C2. The van der Waals surface area contributed by atoms with Crippen molar-refractivity contribution in [2.45, 2.75) is 62.8 Å². The Morgan fingerprint density at radius 1 is 1.06 bits per heavy atom. The molecule has 6 rings (SSSR count). The number of carbonyl (C=O) groups is 1. The molecule has 0 aromatic heterocycles. The molecular formula is C24H34N2O4S. The summed E-state index contributed by atoms with van der Waals surface area (Å²) in [6, 6.07) is 6.62. The van der Waals surface area contributed by atoms with E-state index in [0.717, 1.165) is 24.2 Å². The lowest BCUT2D eigenvalue weighted by molar-refractivity contribution is -0.0727. The minimum absolute atomic E-state index is 0.0853. The minimum atomic E-state index is -3.54. The van der Waals surface area contributed by atoms with Gasteiger partial charge in [-0.1, -0.05) is 6.92 Å². The summed E-state index contributed by atoms with van der Waals surface area (Å²) in [4.78, 5) is 13.3. The monoisotopic (exact) mass is 446 g/mol. The highest BCUT2D eigenvalue weighted by molar-refractivity contribution is 7.89. The van der Waals surface area contributed by atoms with E-state index in [0.29, 0.717) is 31.9 Å². The maximum atomic E-state index is 13.1. The molecule has 4 aliphatic carbocycles. The Morgan fingerprint density at radius 3 is 2.13 bits per heavy atom. The van der Waals surface area contributed by atoms with E-state index < -0.39 is 10.0 Å². The van der Waals surface area contributed by atoms with E-state index in [1.54, 1.807) is 24.3 Å². The Labute approximate surface area is 185 Å². The molecular weight excluding hydrogens is 412 g/mol. The van der Waals surface area contributed by atoms with Crippen LogP contribution in [0.5, 0.6) is 0 Å². The number of rotatable bonds is 6. The summed E-state index contributed by atoms with van der Waals surface area (Å²) < 4.78 is 32.4. The molecule has 1 unspecified atom stereocenters. The van der Waals surface area contributed by atoms with E-state index in [-0.39, 0.29) is 22.3 Å². The van der Waals surface area contributed by atoms with Gasteiger partial charge in [-0.15, -0.1) is 0 Å². The number of sulfonamides is 1. The second-order valence-corrected chi connectivity index (χ2v) is 12.2. The zero-order valence-corrected chi connectivity index (χ0v) is 19.2. The number of carbonyl (C=O) groups excluding carboxylic acids is 1. The third kappa shape index (κ3) is 3.93. The first-order valence-corrected chi connectivity index (χ1v) is 13.3. The van der Waals surface area contributed by atoms with Crippen LogP contribution in [0.3, 0.4) is 0 Å². The van der Waals surface area contributed by atoms with Gasteiger partial charge < -0.3 is 10.1 Å². The fourth-order valence-corrected chi connectivity index (χ4v) is 8.66. The molecule has 5 fully saturated rings. The number of benzene rings is 1. The zero-order valence-electron chi connectivity index (χ0n) is 18.4. The van der Waals surface area contributed by atoms with Gasteiger partial charge in [-0.05, 0) is 92.4 Å². The lowest BCUT2D eigenvalue weighted by atomic mass is 9.47. The second kappa shape index (κ2) is 8.16. The number of nitrogens with zero attached hydrogens (tertiary/aromatic N) is 1. The van der Waals surface area contributed by atoms with Crippen LogP contribution >= 0.6 is 0 Å². The third-order valence-corrected chi connectivity index (χ3v) is 10.2. The fraction of sp³-hybridized carbons (Fsp3) is 0.708. The summed E-state index contributed by atoms with van der Waals surface area (Å²) in [5.74, 6) is 2.46. The Balaban J connectivity index is 1.29. The highest BCUT2D eigenvalue weighted by Crippen LogP contribution is 2.61. The maximum Gasteiger partial charge on any atom is 0.251 e. The molecule has 31 heavy (non-hydrogen) atoms. The predicted molar refractivity (Wildman–Crippen MR) is 118 cm³/mol. The van der Waals surface area contributed by atoms with Crippen LogP contribution < -0.4 is 5.32 Å². The molecule has 5 aliphatic rings. The van der Waals surface area contributed by atoms with Gasteiger partial charge in [-0.25, -0.2) is 8.42 Å². The average Bonchev–Trinajstić information content (AvgIpc) is 2.77. The van der Waals surface area contributed by atoms with Crippen molar-refractivity contribution < 1.29 is 17.9 Å². The van der Waals surface area contributed by atoms with Gasteiger partial charge in [-0.2, -0.15) is 4.31 Å². The molecule has 4 saturated carbocycles. The van der Waals surface area contributed by atoms with Crippen molar-refractivity contribution in [2.75, 3.05) is 26.3 Å². The Kier molecular flexibility index (Phi) is 5.64. The molecule has 4 bridgehead atoms. The van der Waals surface area contributed by atoms with Gasteiger partial charge in [0, 0.05) is 24.7 Å². The van der Waals surface area contributed by atoms with Crippen molar-refractivity contribution in [3.8, 4) is 0 Å². The summed E-state index contributed by atoms with van der Waals surface area (Å²) >= 11 is 0. The lowest BCUT2D eigenvalue weighted by Gasteiger charge is -2.59. The van der Waals surface area contributed by atoms with Gasteiger partial charge in [-0.3, -0.25) is 4.79 Å². The van der Waals surface area contributed by atoms with Crippen LogP contribution in [-0.2, 0) is 14.8 Å². The second-order valence-electron chi connectivity index (χ2n) is 10.3. The zero-order chi connectivity index (χ0) is 21.6. The van der Waals surface area contributed by atoms with E-state index in [1.807, 2.05) is 0 Å². The van der Waals surface area contributed by atoms with Gasteiger partial charge in [0.1, 0.15) is 0 Å². The summed E-state index contributed by atoms with van der Waals surface area (Å²) in [5.41, 5.74) is 0.794. The smallest absolute Gasteiger partial charge is 0.251 e. The highest BCUT2D eigenvalue weighted by atomic mass is 32.2. The van der Waals surface area contributed by atoms with E-state index in [9.17, 15) is 13.2 Å². The molecule has 170 valence electrons. The van der Waals surface area contributed by atoms with Gasteiger partial charge in [0.25, 0.3) is 5.91 Å². The number of nitrogens with one attached hydrogen (secondary N) is 1. The summed E-state index contributed by atoms with van der Waals surface area (Å²) in [7, 11) is -3.54. The van der Waals surface area contributed by atoms with Crippen molar-refractivity contribution in [2.24, 2.45) is 23.2 Å². The van der Waals surface area contributed by atoms with Crippen LogP contribution in [0.15, 0.2) is 29.2 Å². The molecule has 1 N–H and O–H groups in total. The van der Waals surface area contributed by atoms with Crippen molar-refractivity contribution in [1.29, 1.82) is 0 Å². The van der Waals surface area contributed by atoms with E-state index >= 15 is 0 Å². The molecule has 1 saturated heterocycles. The normalized spacial score (nSPS) is 33.9. The van der Waals surface area contributed by atoms with Gasteiger partial charge >= 0.3 is 0 Å². The Morgan fingerprint density at radius 2 is 1.61 bits per heavy atom. The maximum absolute atomic E-state index is 13.1. The Hall–Kier alpha value is -1.44. The molecule has 1 atom stereocenters. The van der Waals surface area contributed by atoms with Gasteiger partial charge in [0.2, 0.25) is 10.0 Å². The Bertz CT molecular complexity index is 886.